The second-order valence-electron chi connectivity index (χ2n) is 7.12. The average molecular weight is 317 g/mol. The van der Waals surface area contributed by atoms with E-state index in [0.717, 1.165) is 13.1 Å². The zero-order chi connectivity index (χ0) is 16.3. The molecular formula is C18H27N3O2. The zero-order valence-electron chi connectivity index (χ0n) is 14.2. The summed E-state index contributed by atoms with van der Waals surface area (Å²) in [4.78, 5) is 18.9. The Morgan fingerprint density at radius 3 is 2.83 bits per heavy atom. The lowest BCUT2D eigenvalue weighted by atomic mass is 9.67. The van der Waals surface area contributed by atoms with Crippen molar-refractivity contribution in [1.82, 2.24) is 15.2 Å². The fourth-order valence-corrected chi connectivity index (χ4v) is 4.36. The molecule has 1 aliphatic carbocycles. The fraction of sp³-hybridized carbons (Fsp3) is 0.667. The molecule has 2 heterocycles. The topological polar surface area (TPSA) is 54.5 Å². The SMILES string of the molecule is COc1ccc(C(=O)NCC2CN(C)CC23CCCCC3)cn1. The number of nitrogens with one attached hydrogen (secondary N) is 1. The van der Waals surface area contributed by atoms with E-state index in [-0.39, 0.29) is 5.91 Å². The van der Waals surface area contributed by atoms with Crippen molar-refractivity contribution in [1.29, 1.82) is 0 Å². The number of pyridine rings is 1. The van der Waals surface area contributed by atoms with Crippen molar-refractivity contribution in [2.45, 2.75) is 32.1 Å². The number of hydrogen-bond donors (Lipinski definition) is 1. The highest BCUT2D eigenvalue weighted by Gasteiger charge is 2.45. The molecule has 1 aromatic heterocycles. The van der Waals surface area contributed by atoms with Gasteiger partial charge >= 0.3 is 0 Å². The van der Waals surface area contributed by atoms with Crippen molar-refractivity contribution in [3.05, 3.63) is 23.9 Å². The van der Waals surface area contributed by atoms with E-state index < -0.39 is 0 Å². The molecule has 1 N–H and O–H groups in total. The molecule has 2 fully saturated rings. The Balaban J connectivity index is 1.60. The first-order valence-corrected chi connectivity index (χ1v) is 8.60. The largest absolute Gasteiger partial charge is 0.481 e. The highest BCUT2D eigenvalue weighted by atomic mass is 16.5. The van der Waals surface area contributed by atoms with Gasteiger partial charge in [0.1, 0.15) is 0 Å². The Labute approximate surface area is 138 Å². The van der Waals surface area contributed by atoms with E-state index in [9.17, 15) is 4.79 Å². The number of ether oxygens (including phenoxy) is 1. The maximum Gasteiger partial charge on any atom is 0.252 e. The third kappa shape index (κ3) is 3.50. The smallest absolute Gasteiger partial charge is 0.252 e. The van der Waals surface area contributed by atoms with Crippen molar-refractivity contribution < 1.29 is 9.53 Å². The predicted octanol–water partition coefficient (Wildman–Crippen LogP) is 2.33. The van der Waals surface area contributed by atoms with Gasteiger partial charge in [0.15, 0.2) is 0 Å². The summed E-state index contributed by atoms with van der Waals surface area (Å²) in [5.74, 6) is 1.05. The molecule has 1 atom stereocenters. The number of hydrogen-bond acceptors (Lipinski definition) is 4. The van der Waals surface area contributed by atoms with E-state index in [4.69, 9.17) is 4.74 Å². The number of rotatable bonds is 4. The molecule has 5 heteroatoms. The maximum atomic E-state index is 12.3. The molecule has 3 rings (SSSR count). The van der Waals surface area contributed by atoms with Crippen LogP contribution in [0, 0.1) is 11.3 Å². The van der Waals surface area contributed by atoms with E-state index in [1.807, 2.05) is 0 Å². The third-order valence-corrected chi connectivity index (χ3v) is 5.55. The van der Waals surface area contributed by atoms with Crippen LogP contribution in [0.1, 0.15) is 42.5 Å². The predicted molar refractivity (Wildman–Crippen MR) is 89.6 cm³/mol. The first kappa shape index (κ1) is 16.2. The van der Waals surface area contributed by atoms with Crippen molar-refractivity contribution in [2.75, 3.05) is 33.8 Å². The van der Waals surface area contributed by atoms with Crippen LogP contribution in [-0.2, 0) is 0 Å². The summed E-state index contributed by atoms with van der Waals surface area (Å²) in [7, 11) is 3.77. The van der Waals surface area contributed by atoms with Crippen LogP contribution in [-0.4, -0.2) is 49.6 Å². The molecule has 5 nitrogen and oxygen atoms in total. The minimum absolute atomic E-state index is 0.0411. The van der Waals surface area contributed by atoms with Crippen LogP contribution in [0.4, 0.5) is 0 Å². The van der Waals surface area contributed by atoms with Crippen LogP contribution in [0.25, 0.3) is 0 Å². The highest BCUT2D eigenvalue weighted by Crippen LogP contribution is 2.46. The van der Waals surface area contributed by atoms with Gasteiger partial charge in [0.25, 0.3) is 5.91 Å². The number of carbonyl (C=O) groups is 1. The first-order valence-electron chi connectivity index (χ1n) is 8.60. The first-order chi connectivity index (χ1) is 11.1. The second-order valence-corrected chi connectivity index (χ2v) is 7.12. The summed E-state index contributed by atoms with van der Waals surface area (Å²) in [6, 6.07) is 3.49. The van der Waals surface area contributed by atoms with Gasteiger partial charge in [-0.3, -0.25) is 4.79 Å². The molecule has 1 saturated heterocycles. The molecule has 1 saturated carbocycles. The van der Waals surface area contributed by atoms with E-state index >= 15 is 0 Å². The average Bonchev–Trinajstić information content (AvgIpc) is 2.88. The summed E-state index contributed by atoms with van der Waals surface area (Å²) in [5.41, 5.74) is 1.01. The van der Waals surface area contributed by atoms with Crippen LogP contribution in [0.3, 0.4) is 0 Å². The van der Waals surface area contributed by atoms with Crippen molar-refractivity contribution >= 4 is 5.91 Å². The summed E-state index contributed by atoms with van der Waals surface area (Å²) in [6.07, 6.45) is 8.22. The molecule has 126 valence electrons. The van der Waals surface area contributed by atoms with Gasteiger partial charge in [-0.15, -0.1) is 0 Å². The molecule has 1 unspecified atom stereocenters. The van der Waals surface area contributed by atoms with Gasteiger partial charge in [-0.05, 0) is 37.3 Å². The van der Waals surface area contributed by atoms with Crippen molar-refractivity contribution in [3.63, 3.8) is 0 Å². The molecule has 2 aliphatic rings. The third-order valence-electron chi connectivity index (χ3n) is 5.55. The molecule has 0 aromatic carbocycles. The number of methoxy groups -OCH3 is 1. The van der Waals surface area contributed by atoms with Gasteiger partial charge in [0.05, 0.1) is 12.7 Å². The highest BCUT2D eigenvalue weighted by molar-refractivity contribution is 5.93. The fourth-order valence-electron chi connectivity index (χ4n) is 4.36. The second kappa shape index (κ2) is 6.87. The van der Waals surface area contributed by atoms with Gasteiger partial charge in [0, 0.05) is 31.9 Å². The standard InChI is InChI=1S/C18H27N3O2/c1-21-12-15(18(13-21)8-4-3-5-9-18)11-20-17(22)14-6-7-16(23-2)19-10-14/h6-7,10,15H,3-5,8-9,11-13H2,1-2H3,(H,20,22). The van der Waals surface area contributed by atoms with Gasteiger partial charge in [0.2, 0.25) is 5.88 Å². The van der Waals surface area contributed by atoms with E-state index in [1.165, 1.54) is 38.6 Å². The minimum atomic E-state index is -0.0411. The molecule has 1 aliphatic heterocycles. The zero-order valence-corrected chi connectivity index (χ0v) is 14.2. The van der Waals surface area contributed by atoms with E-state index in [0.29, 0.717) is 22.8 Å². The quantitative estimate of drug-likeness (QED) is 0.926. The minimum Gasteiger partial charge on any atom is -0.481 e. The molecular weight excluding hydrogens is 290 g/mol. The monoisotopic (exact) mass is 317 g/mol. The molecule has 23 heavy (non-hydrogen) atoms. The number of amides is 1. The molecule has 0 bridgehead atoms. The van der Waals surface area contributed by atoms with Gasteiger partial charge < -0.3 is 15.0 Å². The van der Waals surface area contributed by atoms with Crippen molar-refractivity contribution in [2.24, 2.45) is 11.3 Å². The normalized spacial score (nSPS) is 23.8. The Kier molecular flexibility index (Phi) is 4.85. The van der Waals surface area contributed by atoms with Crippen LogP contribution >= 0.6 is 0 Å². The van der Waals surface area contributed by atoms with Crippen LogP contribution in [0.15, 0.2) is 18.3 Å². The van der Waals surface area contributed by atoms with Crippen LogP contribution in [0.2, 0.25) is 0 Å². The number of nitrogens with zero attached hydrogens (tertiary/aromatic N) is 2. The molecule has 1 aromatic rings. The number of carbonyl (C=O) groups excluding carboxylic acids is 1. The van der Waals surface area contributed by atoms with Crippen LogP contribution < -0.4 is 10.1 Å². The van der Waals surface area contributed by atoms with Gasteiger partial charge in [-0.25, -0.2) is 4.98 Å². The Morgan fingerprint density at radius 2 is 2.17 bits per heavy atom. The molecule has 1 amide bonds. The van der Waals surface area contributed by atoms with Crippen molar-refractivity contribution in [3.8, 4) is 5.88 Å². The van der Waals surface area contributed by atoms with Crippen LogP contribution in [0.5, 0.6) is 5.88 Å². The summed E-state index contributed by atoms with van der Waals surface area (Å²) in [6.45, 7) is 3.02. The number of likely N-dealkylation sites (tertiary alicyclic amines) is 1. The molecule has 0 radical (unpaired) electrons. The lowest BCUT2D eigenvalue weighted by Gasteiger charge is -2.38. The van der Waals surface area contributed by atoms with E-state index in [1.54, 1.807) is 25.4 Å². The lowest BCUT2D eigenvalue weighted by molar-refractivity contribution is 0.0916. The Hall–Kier alpha value is -1.62. The molecule has 1 spiro atoms. The lowest BCUT2D eigenvalue weighted by Crippen LogP contribution is -2.40. The Morgan fingerprint density at radius 1 is 1.39 bits per heavy atom. The van der Waals surface area contributed by atoms with E-state index in [2.05, 4.69) is 22.2 Å². The summed E-state index contributed by atoms with van der Waals surface area (Å²) < 4.78 is 5.03. The number of aromatic nitrogens is 1. The Bertz CT molecular complexity index is 538. The summed E-state index contributed by atoms with van der Waals surface area (Å²) in [5, 5.41) is 3.12. The van der Waals surface area contributed by atoms with Gasteiger partial charge in [-0.1, -0.05) is 19.3 Å². The summed E-state index contributed by atoms with van der Waals surface area (Å²) >= 11 is 0. The van der Waals surface area contributed by atoms with Gasteiger partial charge in [-0.2, -0.15) is 0 Å². The maximum absolute atomic E-state index is 12.3.